The molecule has 5 heteroatoms. The number of amides is 1. The van der Waals surface area contributed by atoms with E-state index in [1.165, 1.54) is 7.11 Å². The van der Waals surface area contributed by atoms with Gasteiger partial charge in [-0.05, 0) is 20.8 Å². The zero-order chi connectivity index (χ0) is 14.3. The van der Waals surface area contributed by atoms with E-state index in [2.05, 4.69) is 5.32 Å². The summed E-state index contributed by atoms with van der Waals surface area (Å²) in [5.41, 5.74) is -0.552. The van der Waals surface area contributed by atoms with Gasteiger partial charge in [-0.15, -0.1) is 0 Å². The molecular weight excluding hydrogens is 234 g/mol. The number of nitrogens with one attached hydrogen (secondary N) is 1. The van der Waals surface area contributed by atoms with E-state index in [9.17, 15) is 9.59 Å². The van der Waals surface area contributed by atoms with Crippen LogP contribution in [0.2, 0.25) is 0 Å². The Morgan fingerprint density at radius 3 is 2.17 bits per heavy atom. The molecule has 18 heavy (non-hydrogen) atoms. The first-order valence-electron chi connectivity index (χ1n) is 6.17. The SMILES string of the molecule is COCC(CC(=O)C(C)C)NC(=O)OC(C)(C)C. The van der Waals surface area contributed by atoms with E-state index in [1.807, 2.05) is 13.8 Å². The lowest BCUT2D eigenvalue weighted by molar-refractivity contribution is -0.122. The molecule has 0 saturated heterocycles. The van der Waals surface area contributed by atoms with Gasteiger partial charge in [-0.1, -0.05) is 13.8 Å². The highest BCUT2D eigenvalue weighted by Crippen LogP contribution is 2.08. The van der Waals surface area contributed by atoms with Crippen molar-refractivity contribution in [3.63, 3.8) is 0 Å². The fourth-order valence-corrected chi connectivity index (χ4v) is 1.31. The monoisotopic (exact) mass is 259 g/mol. The zero-order valence-corrected chi connectivity index (χ0v) is 12.2. The van der Waals surface area contributed by atoms with Crippen LogP contribution < -0.4 is 5.32 Å². The number of carbonyl (C=O) groups excluding carboxylic acids is 2. The van der Waals surface area contributed by atoms with Gasteiger partial charge in [0.1, 0.15) is 11.4 Å². The second kappa shape index (κ2) is 7.36. The molecule has 0 radical (unpaired) electrons. The highest BCUT2D eigenvalue weighted by Gasteiger charge is 2.22. The Hall–Kier alpha value is -1.10. The molecule has 0 bridgehead atoms. The molecule has 0 aromatic heterocycles. The number of Topliss-reactive ketones (excluding diaryl/α,β-unsaturated/α-hetero) is 1. The molecule has 1 N–H and O–H groups in total. The van der Waals surface area contributed by atoms with Crippen LogP contribution in [0, 0.1) is 5.92 Å². The normalized spacial score (nSPS) is 13.3. The van der Waals surface area contributed by atoms with Gasteiger partial charge in [0.05, 0.1) is 12.6 Å². The molecule has 0 spiro atoms. The van der Waals surface area contributed by atoms with E-state index in [0.29, 0.717) is 0 Å². The first-order chi connectivity index (χ1) is 8.15. The second-order valence-corrected chi connectivity index (χ2v) is 5.62. The van der Waals surface area contributed by atoms with Crippen LogP contribution in [0.25, 0.3) is 0 Å². The minimum atomic E-state index is -0.552. The molecule has 0 fully saturated rings. The number of methoxy groups -OCH3 is 1. The highest BCUT2D eigenvalue weighted by atomic mass is 16.6. The van der Waals surface area contributed by atoms with Crippen LogP contribution >= 0.6 is 0 Å². The highest BCUT2D eigenvalue weighted by molar-refractivity contribution is 5.81. The Morgan fingerprint density at radius 1 is 1.22 bits per heavy atom. The van der Waals surface area contributed by atoms with Gasteiger partial charge in [-0.25, -0.2) is 4.79 Å². The molecular formula is C13H25NO4. The molecule has 106 valence electrons. The van der Waals surface area contributed by atoms with Crippen LogP contribution in [0.1, 0.15) is 41.0 Å². The maximum atomic E-state index is 11.6. The lowest BCUT2D eigenvalue weighted by Crippen LogP contribution is -2.42. The second-order valence-electron chi connectivity index (χ2n) is 5.62. The molecule has 1 atom stereocenters. The third-order valence-electron chi connectivity index (χ3n) is 2.18. The van der Waals surface area contributed by atoms with Crippen LogP contribution in [-0.4, -0.2) is 37.2 Å². The summed E-state index contributed by atoms with van der Waals surface area (Å²) in [7, 11) is 1.53. The van der Waals surface area contributed by atoms with Crippen molar-refractivity contribution in [3.8, 4) is 0 Å². The van der Waals surface area contributed by atoms with Gasteiger partial charge >= 0.3 is 6.09 Å². The fourth-order valence-electron chi connectivity index (χ4n) is 1.31. The van der Waals surface area contributed by atoms with E-state index >= 15 is 0 Å². The number of hydrogen-bond donors (Lipinski definition) is 1. The lowest BCUT2D eigenvalue weighted by Gasteiger charge is -2.23. The van der Waals surface area contributed by atoms with Crippen molar-refractivity contribution in [3.05, 3.63) is 0 Å². The van der Waals surface area contributed by atoms with Gasteiger partial charge < -0.3 is 14.8 Å². The number of ether oxygens (including phenoxy) is 2. The third kappa shape index (κ3) is 8.06. The standard InChI is InChI=1S/C13H25NO4/c1-9(2)11(15)7-10(8-17-6)14-12(16)18-13(3,4)5/h9-10H,7-8H2,1-6H3,(H,14,16). The van der Waals surface area contributed by atoms with Gasteiger partial charge in [-0.3, -0.25) is 4.79 Å². The minimum Gasteiger partial charge on any atom is -0.444 e. The first-order valence-corrected chi connectivity index (χ1v) is 6.17. The lowest BCUT2D eigenvalue weighted by atomic mass is 10.0. The summed E-state index contributed by atoms with van der Waals surface area (Å²) in [4.78, 5) is 23.2. The van der Waals surface area contributed by atoms with Crippen molar-refractivity contribution in [1.82, 2.24) is 5.32 Å². The van der Waals surface area contributed by atoms with Crippen molar-refractivity contribution in [2.24, 2.45) is 5.92 Å². The van der Waals surface area contributed by atoms with Crippen molar-refractivity contribution in [1.29, 1.82) is 0 Å². The fraction of sp³-hybridized carbons (Fsp3) is 0.846. The molecule has 0 aliphatic carbocycles. The van der Waals surface area contributed by atoms with Crippen LogP contribution in [0.15, 0.2) is 0 Å². The van der Waals surface area contributed by atoms with E-state index in [-0.39, 0.29) is 30.8 Å². The van der Waals surface area contributed by atoms with Gasteiger partial charge in [0.2, 0.25) is 0 Å². The molecule has 5 nitrogen and oxygen atoms in total. The summed E-state index contributed by atoms with van der Waals surface area (Å²) in [6, 6.07) is -0.347. The summed E-state index contributed by atoms with van der Waals surface area (Å²) < 4.78 is 10.1. The third-order valence-corrected chi connectivity index (χ3v) is 2.18. The summed E-state index contributed by atoms with van der Waals surface area (Å²) in [5.74, 6) is 0.0397. The van der Waals surface area contributed by atoms with Crippen molar-refractivity contribution < 1.29 is 19.1 Å². The predicted molar refractivity (Wildman–Crippen MR) is 69.5 cm³/mol. The van der Waals surface area contributed by atoms with Crippen LogP contribution in [0.3, 0.4) is 0 Å². The quantitative estimate of drug-likeness (QED) is 0.793. The molecule has 0 rings (SSSR count). The number of rotatable bonds is 6. The van der Waals surface area contributed by atoms with Gasteiger partial charge in [-0.2, -0.15) is 0 Å². The van der Waals surface area contributed by atoms with Crippen molar-refractivity contribution >= 4 is 11.9 Å². The molecule has 0 aliphatic rings. The zero-order valence-electron chi connectivity index (χ0n) is 12.2. The molecule has 0 heterocycles. The summed E-state index contributed by atoms with van der Waals surface area (Å²) in [5, 5.41) is 2.65. The summed E-state index contributed by atoms with van der Waals surface area (Å²) in [6.45, 7) is 9.32. The van der Waals surface area contributed by atoms with Crippen LogP contribution in [0.4, 0.5) is 4.79 Å². The van der Waals surface area contributed by atoms with Gasteiger partial charge in [0, 0.05) is 19.4 Å². The molecule has 0 aliphatic heterocycles. The van der Waals surface area contributed by atoms with Crippen molar-refractivity contribution in [2.75, 3.05) is 13.7 Å². The molecule has 0 aromatic rings. The summed E-state index contributed by atoms with van der Waals surface area (Å²) >= 11 is 0. The Bertz CT molecular complexity index is 281. The Morgan fingerprint density at radius 2 is 1.78 bits per heavy atom. The maximum Gasteiger partial charge on any atom is 0.407 e. The van der Waals surface area contributed by atoms with Crippen molar-refractivity contribution in [2.45, 2.75) is 52.7 Å². The number of hydrogen-bond acceptors (Lipinski definition) is 4. The molecule has 1 amide bonds. The molecule has 0 aromatic carbocycles. The van der Waals surface area contributed by atoms with E-state index in [1.54, 1.807) is 20.8 Å². The average molecular weight is 259 g/mol. The summed E-state index contributed by atoms with van der Waals surface area (Å²) in [6.07, 6.45) is -0.272. The molecule has 0 saturated carbocycles. The van der Waals surface area contributed by atoms with E-state index in [0.717, 1.165) is 0 Å². The van der Waals surface area contributed by atoms with E-state index < -0.39 is 11.7 Å². The minimum absolute atomic E-state index is 0.0511. The Kier molecular flexibility index (Phi) is 6.91. The number of ketones is 1. The molecule has 1 unspecified atom stereocenters. The van der Waals surface area contributed by atoms with Gasteiger partial charge in [0.15, 0.2) is 0 Å². The predicted octanol–water partition coefficient (Wildman–Crippen LogP) is 2.14. The number of carbonyl (C=O) groups is 2. The van der Waals surface area contributed by atoms with Crippen LogP contribution in [-0.2, 0) is 14.3 Å². The Labute approximate surface area is 109 Å². The van der Waals surface area contributed by atoms with Gasteiger partial charge in [0.25, 0.3) is 0 Å². The first kappa shape index (κ1) is 16.9. The number of alkyl carbamates (subject to hydrolysis) is 1. The van der Waals surface area contributed by atoms with Crippen LogP contribution in [0.5, 0.6) is 0 Å². The Balaban J connectivity index is 4.35. The maximum absolute atomic E-state index is 11.6. The topological polar surface area (TPSA) is 64.6 Å². The average Bonchev–Trinajstić information content (AvgIpc) is 2.14. The smallest absolute Gasteiger partial charge is 0.407 e. The van der Waals surface area contributed by atoms with E-state index in [4.69, 9.17) is 9.47 Å². The largest absolute Gasteiger partial charge is 0.444 e.